The molecule has 0 aliphatic rings. The van der Waals surface area contributed by atoms with Gasteiger partial charge in [0, 0.05) is 11.3 Å². The molecule has 0 spiro atoms. The van der Waals surface area contributed by atoms with Crippen LogP contribution in [0.1, 0.15) is 42.9 Å². The van der Waals surface area contributed by atoms with E-state index in [4.69, 9.17) is 10.8 Å². The van der Waals surface area contributed by atoms with E-state index in [0.29, 0.717) is 22.1 Å². The van der Waals surface area contributed by atoms with Crippen LogP contribution in [0.2, 0.25) is 0 Å². The molecule has 1 aromatic heterocycles. The first-order valence-electron chi connectivity index (χ1n) is 7.97. The van der Waals surface area contributed by atoms with E-state index >= 15 is 0 Å². The van der Waals surface area contributed by atoms with Gasteiger partial charge < -0.3 is 10.8 Å². The normalized spacial score (nSPS) is 10.3. The van der Waals surface area contributed by atoms with Crippen molar-refractivity contribution in [1.82, 2.24) is 4.98 Å². The van der Waals surface area contributed by atoms with E-state index in [0.717, 1.165) is 17.3 Å². The highest BCUT2D eigenvalue weighted by atomic mass is 32.2. The second-order valence-electron chi connectivity index (χ2n) is 5.92. The van der Waals surface area contributed by atoms with Gasteiger partial charge in [-0.15, -0.1) is 11.8 Å². The Balaban J connectivity index is 2.58. The highest BCUT2D eigenvalue weighted by molar-refractivity contribution is 7.99. The van der Waals surface area contributed by atoms with E-state index in [-0.39, 0.29) is 29.1 Å². The Kier molecular flexibility index (Phi) is 6.21. The zero-order valence-electron chi connectivity index (χ0n) is 14.5. The van der Waals surface area contributed by atoms with Gasteiger partial charge in [-0.1, -0.05) is 38.1 Å². The predicted molar refractivity (Wildman–Crippen MR) is 101 cm³/mol. The fourth-order valence-corrected chi connectivity index (χ4v) is 3.39. The number of pyridine rings is 1. The number of hydrogen-bond donors (Lipinski definition) is 2. The van der Waals surface area contributed by atoms with Gasteiger partial charge in [0.25, 0.3) is 0 Å². The van der Waals surface area contributed by atoms with Crippen molar-refractivity contribution in [3.05, 3.63) is 41.0 Å². The summed E-state index contributed by atoms with van der Waals surface area (Å²) in [6.07, 6.45) is -0.0600. The monoisotopic (exact) mass is 366 g/mol. The third kappa shape index (κ3) is 4.14. The highest BCUT2D eigenvalue weighted by Crippen LogP contribution is 2.36. The Labute approximate surface area is 156 Å². The zero-order valence-corrected chi connectivity index (χ0v) is 15.3. The summed E-state index contributed by atoms with van der Waals surface area (Å²) in [6.45, 7) is 4.16. The molecular weight excluding hydrogens is 348 g/mol. The summed E-state index contributed by atoms with van der Waals surface area (Å²) in [4.78, 5) is 14.9. The van der Waals surface area contributed by atoms with Crippen molar-refractivity contribution in [1.29, 1.82) is 10.5 Å². The van der Waals surface area contributed by atoms with Crippen molar-refractivity contribution >= 4 is 23.5 Å². The summed E-state index contributed by atoms with van der Waals surface area (Å²) in [6, 6.07) is 11.8. The summed E-state index contributed by atoms with van der Waals surface area (Å²) >= 11 is 1.15. The third-order valence-electron chi connectivity index (χ3n) is 3.84. The fraction of sp³-hybridized carbons (Fsp3) is 0.263. The van der Waals surface area contributed by atoms with Crippen molar-refractivity contribution in [3.63, 3.8) is 0 Å². The first-order valence-corrected chi connectivity index (χ1v) is 8.96. The molecular formula is C19H18N4O2S. The first-order chi connectivity index (χ1) is 12.4. The Morgan fingerprint density at radius 2 is 1.85 bits per heavy atom. The Morgan fingerprint density at radius 1 is 1.23 bits per heavy atom. The number of aromatic nitrogens is 1. The molecule has 0 saturated carbocycles. The average Bonchev–Trinajstić information content (AvgIpc) is 2.61. The third-order valence-corrected chi connectivity index (χ3v) is 4.81. The van der Waals surface area contributed by atoms with E-state index in [9.17, 15) is 15.3 Å². The molecule has 0 atom stereocenters. The highest BCUT2D eigenvalue weighted by Gasteiger charge is 2.20. The van der Waals surface area contributed by atoms with Crippen LogP contribution < -0.4 is 5.73 Å². The van der Waals surface area contributed by atoms with Gasteiger partial charge in [0.05, 0.1) is 12.0 Å². The van der Waals surface area contributed by atoms with Gasteiger partial charge in [-0.3, -0.25) is 4.79 Å². The number of carboxylic acid groups (broad SMARTS) is 1. The molecule has 0 radical (unpaired) electrons. The molecule has 0 bridgehead atoms. The molecule has 0 aliphatic heterocycles. The minimum atomic E-state index is -0.929. The summed E-state index contributed by atoms with van der Waals surface area (Å²) in [5.74, 6) is -0.275. The van der Waals surface area contributed by atoms with Crippen LogP contribution in [0.5, 0.6) is 0 Å². The number of rotatable bonds is 6. The van der Waals surface area contributed by atoms with Crippen LogP contribution >= 0.6 is 11.8 Å². The molecule has 132 valence electrons. The predicted octanol–water partition coefficient (Wildman–Crippen LogP) is 3.76. The van der Waals surface area contributed by atoms with E-state index in [2.05, 4.69) is 24.9 Å². The van der Waals surface area contributed by atoms with Crippen molar-refractivity contribution in [2.45, 2.75) is 31.2 Å². The maximum Gasteiger partial charge on any atom is 0.304 e. The molecule has 6 nitrogen and oxygen atoms in total. The van der Waals surface area contributed by atoms with Crippen LogP contribution in [-0.4, -0.2) is 21.8 Å². The molecule has 0 fully saturated rings. The van der Waals surface area contributed by atoms with Gasteiger partial charge >= 0.3 is 5.97 Å². The number of thioether (sulfide) groups is 1. The van der Waals surface area contributed by atoms with E-state index in [1.54, 1.807) is 0 Å². The topological polar surface area (TPSA) is 124 Å². The lowest BCUT2D eigenvalue weighted by atomic mass is 9.94. The minimum Gasteiger partial charge on any atom is -0.481 e. The molecule has 1 heterocycles. The number of carboxylic acids is 1. The molecule has 0 aliphatic carbocycles. The van der Waals surface area contributed by atoms with Gasteiger partial charge in [0.15, 0.2) is 0 Å². The average molecular weight is 366 g/mol. The molecule has 2 rings (SSSR count). The largest absolute Gasteiger partial charge is 0.481 e. The summed E-state index contributed by atoms with van der Waals surface area (Å²) < 4.78 is 0. The lowest BCUT2D eigenvalue weighted by molar-refractivity contribution is -0.136. The summed E-state index contributed by atoms with van der Waals surface area (Å²) in [7, 11) is 0. The lowest BCUT2D eigenvalue weighted by Gasteiger charge is -2.13. The maximum atomic E-state index is 10.7. The molecule has 1 aromatic carbocycles. The summed E-state index contributed by atoms with van der Waals surface area (Å²) in [5.41, 5.74) is 8.61. The van der Waals surface area contributed by atoms with Crippen molar-refractivity contribution < 1.29 is 9.90 Å². The SMILES string of the molecule is CC(C)c1ccc(-c2c(C#N)c(N)nc(SCCC(=O)O)c2C#N)cc1. The van der Waals surface area contributed by atoms with E-state index in [1.165, 1.54) is 0 Å². The Bertz CT molecular complexity index is 909. The number of nitrogens with zero attached hydrogens (tertiary/aromatic N) is 3. The standard InChI is InChI=1S/C19H18N4O2S/c1-11(2)12-3-5-13(6-4-12)17-14(9-20)18(22)23-19(15(17)10-21)26-8-7-16(24)25/h3-6,11H,7-8H2,1-2H3,(H2,22,23)(H,24,25). The second-order valence-corrected chi connectivity index (χ2v) is 7.00. The Morgan fingerprint density at radius 3 is 2.35 bits per heavy atom. The zero-order chi connectivity index (χ0) is 19.3. The number of aliphatic carboxylic acids is 1. The minimum absolute atomic E-state index is 0.0345. The van der Waals surface area contributed by atoms with Crippen molar-refractivity contribution in [2.24, 2.45) is 0 Å². The van der Waals surface area contributed by atoms with Gasteiger partial charge in [-0.25, -0.2) is 4.98 Å². The van der Waals surface area contributed by atoms with Crippen LogP contribution in [0, 0.1) is 22.7 Å². The van der Waals surface area contributed by atoms with Crippen LogP contribution in [0.15, 0.2) is 29.3 Å². The number of benzene rings is 1. The molecule has 0 unspecified atom stereocenters. The van der Waals surface area contributed by atoms with Crippen LogP contribution in [0.4, 0.5) is 5.82 Å². The van der Waals surface area contributed by atoms with Gasteiger partial charge in [0.1, 0.15) is 28.5 Å². The number of nitrogens with two attached hydrogens (primary N) is 1. The first kappa shape index (κ1) is 19.3. The molecule has 7 heteroatoms. The molecule has 26 heavy (non-hydrogen) atoms. The summed E-state index contributed by atoms with van der Waals surface area (Å²) in [5, 5.41) is 28.3. The number of carbonyl (C=O) groups is 1. The van der Waals surface area contributed by atoms with E-state index < -0.39 is 5.97 Å². The number of nitrogen functional groups attached to an aromatic ring is 1. The number of hydrogen-bond acceptors (Lipinski definition) is 6. The van der Waals surface area contributed by atoms with Crippen LogP contribution in [0.3, 0.4) is 0 Å². The lowest BCUT2D eigenvalue weighted by Crippen LogP contribution is -2.04. The Hall–Kier alpha value is -3.03. The number of nitriles is 2. The molecule has 0 saturated heterocycles. The molecule has 3 N–H and O–H groups in total. The fourth-order valence-electron chi connectivity index (χ4n) is 2.46. The van der Waals surface area contributed by atoms with Crippen LogP contribution in [0.25, 0.3) is 11.1 Å². The van der Waals surface area contributed by atoms with E-state index in [1.807, 2.05) is 30.3 Å². The van der Waals surface area contributed by atoms with Gasteiger partial charge in [-0.05, 0) is 17.0 Å². The quantitative estimate of drug-likeness (QED) is 0.746. The molecule has 2 aromatic rings. The molecule has 0 amide bonds. The number of anilines is 1. The van der Waals surface area contributed by atoms with Crippen molar-refractivity contribution in [3.8, 4) is 23.3 Å². The smallest absolute Gasteiger partial charge is 0.304 e. The van der Waals surface area contributed by atoms with Gasteiger partial charge in [-0.2, -0.15) is 10.5 Å². The maximum absolute atomic E-state index is 10.7. The van der Waals surface area contributed by atoms with Crippen molar-refractivity contribution in [2.75, 3.05) is 11.5 Å². The van der Waals surface area contributed by atoms with Gasteiger partial charge in [0.2, 0.25) is 0 Å². The van der Waals surface area contributed by atoms with Crippen LogP contribution in [-0.2, 0) is 4.79 Å². The second kappa shape index (κ2) is 8.37.